The molecule has 1 aromatic carbocycles. The molecule has 1 saturated carbocycles. The molecule has 1 amide bonds. The third-order valence-electron chi connectivity index (χ3n) is 5.14. The fourth-order valence-electron chi connectivity index (χ4n) is 3.84. The van der Waals surface area contributed by atoms with Crippen LogP contribution < -0.4 is 10.6 Å². The Morgan fingerprint density at radius 2 is 1.91 bits per heavy atom. The molecule has 0 atom stereocenters. The fourth-order valence-corrected chi connectivity index (χ4v) is 3.84. The van der Waals surface area contributed by atoms with Crippen LogP contribution in [0.4, 0.5) is 5.69 Å². The summed E-state index contributed by atoms with van der Waals surface area (Å²) in [6, 6.07) is 8.01. The number of rotatable bonds is 3. The summed E-state index contributed by atoms with van der Waals surface area (Å²) in [5, 5.41) is 6.57. The van der Waals surface area contributed by atoms with Gasteiger partial charge < -0.3 is 10.6 Å². The molecule has 0 unspecified atom stereocenters. The molecule has 1 heterocycles. The van der Waals surface area contributed by atoms with Crippen LogP contribution in [-0.4, -0.2) is 42.5 Å². The van der Waals surface area contributed by atoms with Crippen LogP contribution in [0.2, 0.25) is 0 Å². The van der Waals surface area contributed by atoms with E-state index in [1.807, 2.05) is 24.3 Å². The molecule has 128 valence electrons. The van der Waals surface area contributed by atoms with Crippen LogP contribution in [0.25, 0.3) is 0 Å². The van der Waals surface area contributed by atoms with E-state index in [0.29, 0.717) is 6.54 Å². The van der Waals surface area contributed by atoms with Gasteiger partial charge >= 0.3 is 0 Å². The second-order valence-electron chi connectivity index (χ2n) is 6.80. The zero-order valence-electron chi connectivity index (χ0n) is 13.9. The molecular formula is C18H28ClN3O. The Balaban J connectivity index is 0.00000192. The third kappa shape index (κ3) is 4.46. The Labute approximate surface area is 145 Å². The molecule has 23 heavy (non-hydrogen) atoms. The Bertz CT molecular complexity index is 503. The summed E-state index contributed by atoms with van der Waals surface area (Å²) < 4.78 is 0. The van der Waals surface area contributed by atoms with Gasteiger partial charge in [-0.2, -0.15) is 0 Å². The van der Waals surface area contributed by atoms with Crippen LogP contribution in [0, 0.1) is 6.92 Å². The Morgan fingerprint density at radius 3 is 2.61 bits per heavy atom. The standard InChI is InChI=1S/C18H27N3O.ClH/c1-15-5-7-16(8-6-15)20-17(22)13-21-12-11-19-14-18(21)9-3-2-4-10-18;/h5-8,19H,2-4,9-14H2,1H3,(H,20,22);1H. The van der Waals surface area contributed by atoms with Crippen molar-refractivity contribution < 1.29 is 4.79 Å². The average Bonchev–Trinajstić information content (AvgIpc) is 2.53. The maximum absolute atomic E-state index is 12.4. The van der Waals surface area contributed by atoms with Crippen molar-refractivity contribution in [2.45, 2.75) is 44.6 Å². The summed E-state index contributed by atoms with van der Waals surface area (Å²) in [5.41, 5.74) is 2.31. The van der Waals surface area contributed by atoms with Crippen molar-refractivity contribution >= 4 is 24.0 Å². The highest BCUT2D eigenvalue weighted by molar-refractivity contribution is 5.92. The minimum Gasteiger partial charge on any atom is -0.325 e. The molecule has 0 bridgehead atoms. The first kappa shape index (κ1) is 18.2. The molecular weight excluding hydrogens is 310 g/mol. The first-order valence-corrected chi connectivity index (χ1v) is 8.50. The number of nitrogens with one attached hydrogen (secondary N) is 2. The van der Waals surface area contributed by atoms with E-state index in [-0.39, 0.29) is 23.9 Å². The highest BCUT2D eigenvalue weighted by Gasteiger charge is 2.40. The number of carbonyl (C=O) groups excluding carboxylic acids is 1. The van der Waals surface area contributed by atoms with E-state index in [2.05, 4.69) is 22.5 Å². The molecule has 0 radical (unpaired) electrons. The Morgan fingerprint density at radius 1 is 1.22 bits per heavy atom. The second kappa shape index (κ2) is 8.13. The van der Waals surface area contributed by atoms with Gasteiger partial charge in [0.05, 0.1) is 6.54 Å². The molecule has 2 N–H and O–H groups in total. The molecule has 5 heteroatoms. The van der Waals surface area contributed by atoms with Gasteiger partial charge in [-0.1, -0.05) is 37.0 Å². The number of piperazine rings is 1. The number of aryl methyl sites for hydroxylation is 1. The SMILES string of the molecule is Cc1ccc(NC(=O)CN2CCNCC23CCCCC3)cc1.Cl. The number of anilines is 1. The molecule has 2 fully saturated rings. The minimum absolute atomic E-state index is 0. The topological polar surface area (TPSA) is 44.4 Å². The summed E-state index contributed by atoms with van der Waals surface area (Å²) in [7, 11) is 0. The number of hydrogen-bond acceptors (Lipinski definition) is 3. The second-order valence-corrected chi connectivity index (χ2v) is 6.80. The van der Waals surface area contributed by atoms with E-state index in [4.69, 9.17) is 0 Å². The molecule has 4 nitrogen and oxygen atoms in total. The zero-order valence-corrected chi connectivity index (χ0v) is 14.8. The minimum atomic E-state index is 0. The summed E-state index contributed by atoms with van der Waals surface area (Å²) in [5.74, 6) is 0.107. The van der Waals surface area contributed by atoms with Crippen LogP contribution in [0.1, 0.15) is 37.7 Å². The van der Waals surface area contributed by atoms with Crippen molar-refractivity contribution in [2.75, 3.05) is 31.5 Å². The summed E-state index contributed by atoms with van der Waals surface area (Å²) in [4.78, 5) is 14.8. The van der Waals surface area contributed by atoms with Crippen molar-refractivity contribution in [3.63, 3.8) is 0 Å². The molecule has 1 aliphatic heterocycles. The van der Waals surface area contributed by atoms with E-state index >= 15 is 0 Å². The molecule has 1 aliphatic carbocycles. The van der Waals surface area contributed by atoms with Crippen LogP contribution in [0.15, 0.2) is 24.3 Å². The summed E-state index contributed by atoms with van der Waals surface area (Å²) in [6.07, 6.45) is 6.36. The highest BCUT2D eigenvalue weighted by Crippen LogP contribution is 2.34. The summed E-state index contributed by atoms with van der Waals surface area (Å²) >= 11 is 0. The van der Waals surface area contributed by atoms with Crippen molar-refractivity contribution in [1.29, 1.82) is 0 Å². The van der Waals surface area contributed by atoms with Crippen LogP contribution in [-0.2, 0) is 4.79 Å². The monoisotopic (exact) mass is 337 g/mol. The van der Waals surface area contributed by atoms with E-state index in [1.165, 1.54) is 37.7 Å². The van der Waals surface area contributed by atoms with Crippen molar-refractivity contribution in [2.24, 2.45) is 0 Å². The summed E-state index contributed by atoms with van der Waals surface area (Å²) in [6.45, 7) is 5.56. The van der Waals surface area contributed by atoms with E-state index in [1.54, 1.807) is 0 Å². The van der Waals surface area contributed by atoms with Gasteiger partial charge in [-0.15, -0.1) is 12.4 Å². The lowest BCUT2D eigenvalue weighted by molar-refractivity contribution is -0.120. The number of benzene rings is 1. The van der Waals surface area contributed by atoms with Crippen LogP contribution in [0.3, 0.4) is 0 Å². The predicted molar refractivity (Wildman–Crippen MR) is 97.3 cm³/mol. The highest BCUT2D eigenvalue weighted by atomic mass is 35.5. The molecule has 1 spiro atoms. The van der Waals surface area contributed by atoms with Crippen molar-refractivity contribution in [3.8, 4) is 0 Å². The average molecular weight is 338 g/mol. The van der Waals surface area contributed by atoms with Gasteiger partial charge in [0.2, 0.25) is 5.91 Å². The lowest BCUT2D eigenvalue weighted by atomic mass is 9.79. The van der Waals surface area contributed by atoms with Crippen LogP contribution in [0.5, 0.6) is 0 Å². The van der Waals surface area contributed by atoms with Gasteiger partial charge in [0, 0.05) is 30.9 Å². The lowest BCUT2D eigenvalue weighted by Gasteiger charge is -2.49. The number of carbonyl (C=O) groups is 1. The van der Waals surface area contributed by atoms with E-state index in [0.717, 1.165) is 25.3 Å². The largest absolute Gasteiger partial charge is 0.325 e. The fraction of sp³-hybridized carbons (Fsp3) is 0.611. The zero-order chi connectivity index (χ0) is 15.4. The van der Waals surface area contributed by atoms with Gasteiger partial charge in [-0.05, 0) is 31.9 Å². The van der Waals surface area contributed by atoms with Gasteiger partial charge in [0.1, 0.15) is 0 Å². The quantitative estimate of drug-likeness (QED) is 0.891. The smallest absolute Gasteiger partial charge is 0.238 e. The number of amides is 1. The number of hydrogen-bond donors (Lipinski definition) is 2. The Kier molecular flexibility index (Phi) is 6.45. The first-order chi connectivity index (χ1) is 10.7. The van der Waals surface area contributed by atoms with Crippen molar-refractivity contribution in [3.05, 3.63) is 29.8 Å². The van der Waals surface area contributed by atoms with Gasteiger partial charge in [0.25, 0.3) is 0 Å². The van der Waals surface area contributed by atoms with E-state index in [9.17, 15) is 4.79 Å². The number of halogens is 1. The lowest BCUT2D eigenvalue weighted by Crippen LogP contribution is -2.63. The molecule has 2 aliphatic rings. The number of nitrogens with zero attached hydrogens (tertiary/aromatic N) is 1. The molecule has 0 aromatic heterocycles. The maximum atomic E-state index is 12.4. The normalized spacial score (nSPS) is 20.7. The van der Waals surface area contributed by atoms with Gasteiger partial charge in [-0.3, -0.25) is 9.69 Å². The van der Waals surface area contributed by atoms with Gasteiger partial charge in [0.15, 0.2) is 0 Å². The maximum Gasteiger partial charge on any atom is 0.238 e. The first-order valence-electron chi connectivity index (χ1n) is 8.50. The van der Waals surface area contributed by atoms with Crippen LogP contribution >= 0.6 is 12.4 Å². The third-order valence-corrected chi connectivity index (χ3v) is 5.14. The van der Waals surface area contributed by atoms with Gasteiger partial charge in [-0.25, -0.2) is 0 Å². The Hall–Kier alpha value is -1.10. The molecule has 1 saturated heterocycles. The van der Waals surface area contributed by atoms with E-state index < -0.39 is 0 Å². The molecule has 3 rings (SSSR count). The molecule has 1 aromatic rings. The predicted octanol–water partition coefficient (Wildman–Crippen LogP) is 2.96. The van der Waals surface area contributed by atoms with Crippen molar-refractivity contribution in [1.82, 2.24) is 10.2 Å².